The smallest absolute Gasteiger partial charge is 0.243 e. The summed E-state index contributed by atoms with van der Waals surface area (Å²) >= 11 is 1.85. The second-order valence-electron chi connectivity index (χ2n) is 8.08. The highest BCUT2D eigenvalue weighted by molar-refractivity contribution is 7.89. The van der Waals surface area contributed by atoms with Crippen molar-refractivity contribution in [2.45, 2.75) is 56.9 Å². The molecule has 0 saturated carbocycles. The van der Waals surface area contributed by atoms with Gasteiger partial charge in [-0.1, -0.05) is 26.0 Å². The van der Waals surface area contributed by atoms with Crippen molar-refractivity contribution >= 4 is 27.0 Å². The third-order valence-corrected chi connectivity index (χ3v) is 8.96. The number of nitrogens with one attached hydrogen (secondary N) is 1. The Kier molecular flexibility index (Phi) is 5.87. The summed E-state index contributed by atoms with van der Waals surface area (Å²) in [6.45, 7) is 7.32. The lowest BCUT2D eigenvalue weighted by atomic mass is 9.79. The lowest BCUT2D eigenvalue weighted by Gasteiger charge is -2.37. The van der Waals surface area contributed by atoms with E-state index in [4.69, 9.17) is 0 Å². The van der Waals surface area contributed by atoms with Crippen molar-refractivity contribution in [3.05, 3.63) is 57.8 Å². The van der Waals surface area contributed by atoms with Crippen LogP contribution in [0, 0.1) is 12.8 Å². The van der Waals surface area contributed by atoms with Crippen molar-refractivity contribution in [2.75, 3.05) is 18.4 Å². The number of anilines is 1. The number of thiophene rings is 1. The van der Waals surface area contributed by atoms with E-state index in [1.54, 1.807) is 10.4 Å². The lowest BCUT2D eigenvalue weighted by molar-refractivity contribution is 0.409. The predicted molar refractivity (Wildman–Crippen MR) is 121 cm³/mol. The van der Waals surface area contributed by atoms with E-state index in [0.29, 0.717) is 23.9 Å². The van der Waals surface area contributed by atoms with E-state index >= 15 is 0 Å². The number of benzene rings is 1. The zero-order valence-electron chi connectivity index (χ0n) is 17.4. The summed E-state index contributed by atoms with van der Waals surface area (Å²) < 4.78 is 28.2. The first-order valence-electron chi connectivity index (χ1n) is 10.6. The van der Waals surface area contributed by atoms with Gasteiger partial charge in [-0.25, -0.2) is 8.42 Å². The first-order chi connectivity index (χ1) is 14.0. The fraction of sp³-hybridized carbons (Fsp3) is 0.478. The maximum atomic E-state index is 13.3. The Labute approximate surface area is 178 Å². The van der Waals surface area contributed by atoms with E-state index in [-0.39, 0.29) is 12.0 Å². The van der Waals surface area contributed by atoms with E-state index in [0.717, 1.165) is 30.5 Å². The Bertz CT molecular complexity index is 1000. The monoisotopic (exact) mass is 430 g/mol. The van der Waals surface area contributed by atoms with Crippen molar-refractivity contribution in [3.8, 4) is 0 Å². The van der Waals surface area contributed by atoms with Crippen LogP contribution in [0.3, 0.4) is 0 Å². The van der Waals surface area contributed by atoms with Crippen molar-refractivity contribution < 1.29 is 8.42 Å². The van der Waals surface area contributed by atoms with Gasteiger partial charge in [0, 0.05) is 34.4 Å². The zero-order valence-corrected chi connectivity index (χ0v) is 19.0. The van der Waals surface area contributed by atoms with Gasteiger partial charge < -0.3 is 5.32 Å². The molecule has 1 aliphatic heterocycles. The topological polar surface area (TPSA) is 49.4 Å². The van der Waals surface area contributed by atoms with E-state index in [1.807, 2.05) is 37.3 Å². The van der Waals surface area contributed by atoms with E-state index in [9.17, 15) is 8.42 Å². The van der Waals surface area contributed by atoms with Crippen LogP contribution >= 0.6 is 11.3 Å². The molecule has 2 aromatic rings. The molecule has 0 saturated heterocycles. The lowest BCUT2D eigenvalue weighted by Crippen LogP contribution is -2.33. The second-order valence-corrected chi connectivity index (χ2v) is 11.3. The molecule has 1 aromatic heterocycles. The summed E-state index contributed by atoms with van der Waals surface area (Å²) in [7, 11) is -3.47. The molecular formula is C23H30N2O2S2. The Morgan fingerprint density at radius 3 is 2.55 bits per heavy atom. The molecule has 1 aliphatic carbocycles. The van der Waals surface area contributed by atoms with Crippen LogP contribution in [-0.4, -0.2) is 25.8 Å². The number of fused-ring (bicyclic) bond motifs is 3. The average Bonchev–Trinajstić information content (AvgIpc) is 3.36. The van der Waals surface area contributed by atoms with Gasteiger partial charge in [0.15, 0.2) is 0 Å². The van der Waals surface area contributed by atoms with Crippen molar-refractivity contribution in [3.63, 3.8) is 0 Å². The minimum atomic E-state index is -3.47. The summed E-state index contributed by atoms with van der Waals surface area (Å²) in [6, 6.07) is 10.3. The van der Waals surface area contributed by atoms with Gasteiger partial charge in [-0.15, -0.1) is 11.3 Å². The molecule has 29 heavy (non-hydrogen) atoms. The normalized spacial score (nSPS) is 23.1. The second kappa shape index (κ2) is 8.25. The van der Waals surface area contributed by atoms with E-state index in [1.165, 1.54) is 9.75 Å². The number of sulfonamides is 1. The standard InChI is InChI=1S/C23H30N2O2S2/c1-4-13-25(14-5-2)29(26,27)17-10-11-21-20(15-17)18-7-6-8-19(18)23(24-21)22-12-9-16(3)28-22/h6-7,9-12,15,18-19,23-24H,4-5,8,13-14H2,1-3H3. The van der Waals surface area contributed by atoms with Crippen LogP contribution in [-0.2, 0) is 10.0 Å². The molecular weight excluding hydrogens is 400 g/mol. The van der Waals surface area contributed by atoms with Crippen LogP contribution in [0.2, 0.25) is 0 Å². The number of allylic oxidation sites excluding steroid dienone is 2. The van der Waals surface area contributed by atoms with Crippen LogP contribution in [0.5, 0.6) is 0 Å². The van der Waals surface area contributed by atoms with E-state index < -0.39 is 10.0 Å². The number of hydrogen-bond acceptors (Lipinski definition) is 4. The summed E-state index contributed by atoms with van der Waals surface area (Å²) in [6.07, 6.45) is 7.18. The van der Waals surface area contributed by atoms with Crippen molar-refractivity contribution in [1.82, 2.24) is 4.31 Å². The number of nitrogens with zero attached hydrogens (tertiary/aromatic N) is 1. The molecule has 0 radical (unpaired) electrons. The third kappa shape index (κ3) is 3.78. The molecule has 156 valence electrons. The summed E-state index contributed by atoms with van der Waals surface area (Å²) in [5.41, 5.74) is 2.17. The molecule has 1 N–H and O–H groups in total. The van der Waals surface area contributed by atoms with Gasteiger partial charge in [0.05, 0.1) is 10.9 Å². The Balaban J connectivity index is 1.71. The number of hydrogen-bond donors (Lipinski definition) is 1. The molecule has 3 unspecified atom stereocenters. The number of aryl methyl sites for hydroxylation is 1. The minimum Gasteiger partial charge on any atom is -0.377 e. The fourth-order valence-electron chi connectivity index (χ4n) is 4.64. The molecule has 4 nitrogen and oxygen atoms in total. The van der Waals surface area contributed by atoms with Gasteiger partial charge in [-0.3, -0.25) is 0 Å². The molecule has 1 aromatic carbocycles. The molecule has 2 aliphatic rings. The zero-order chi connectivity index (χ0) is 20.6. The third-order valence-electron chi connectivity index (χ3n) is 5.99. The van der Waals surface area contributed by atoms with Crippen LogP contribution in [0.25, 0.3) is 0 Å². The average molecular weight is 431 g/mol. The van der Waals surface area contributed by atoms with Gasteiger partial charge in [0.1, 0.15) is 0 Å². The fourth-order valence-corrected chi connectivity index (χ4v) is 7.30. The molecule has 4 rings (SSSR count). The molecule has 0 amide bonds. The molecule has 2 heterocycles. The number of rotatable bonds is 7. The summed E-state index contributed by atoms with van der Waals surface area (Å²) in [4.78, 5) is 3.11. The predicted octanol–water partition coefficient (Wildman–Crippen LogP) is 5.69. The van der Waals surface area contributed by atoms with Crippen LogP contribution in [0.4, 0.5) is 5.69 Å². The Morgan fingerprint density at radius 2 is 1.90 bits per heavy atom. The molecule has 0 bridgehead atoms. The van der Waals surface area contributed by atoms with Gasteiger partial charge in [0.25, 0.3) is 0 Å². The van der Waals surface area contributed by atoms with Gasteiger partial charge in [0.2, 0.25) is 10.0 Å². The first-order valence-corrected chi connectivity index (χ1v) is 12.8. The summed E-state index contributed by atoms with van der Waals surface area (Å²) in [5.74, 6) is 0.695. The molecule has 0 spiro atoms. The van der Waals surface area contributed by atoms with Crippen molar-refractivity contribution in [1.29, 1.82) is 0 Å². The van der Waals surface area contributed by atoms with E-state index in [2.05, 4.69) is 36.5 Å². The summed E-state index contributed by atoms with van der Waals surface area (Å²) in [5, 5.41) is 3.72. The maximum absolute atomic E-state index is 13.3. The molecule has 6 heteroatoms. The van der Waals surface area contributed by atoms with Crippen LogP contribution in [0.15, 0.2) is 47.4 Å². The Hall–Kier alpha value is -1.63. The highest BCUT2D eigenvalue weighted by Crippen LogP contribution is 2.51. The highest BCUT2D eigenvalue weighted by atomic mass is 32.2. The quantitative estimate of drug-likeness (QED) is 0.574. The molecule has 3 atom stereocenters. The SMILES string of the molecule is CCCN(CCC)S(=O)(=O)c1ccc2c(c1)C1C=CCC1C(c1ccc(C)s1)N2. The molecule has 0 fully saturated rings. The highest BCUT2D eigenvalue weighted by Gasteiger charge is 2.39. The Morgan fingerprint density at radius 1 is 1.14 bits per heavy atom. The van der Waals surface area contributed by atoms with Gasteiger partial charge in [-0.05, 0) is 68.0 Å². The maximum Gasteiger partial charge on any atom is 0.243 e. The van der Waals surface area contributed by atoms with Crippen LogP contribution in [0.1, 0.15) is 60.4 Å². The first kappa shape index (κ1) is 20.6. The largest absolute Gasteiger partial charge is 0.377 e. The van der Waals surface area contributed by atoms with Crippen LogP contribution < -0.4 is 5.32 Å². The van der Waals surface area contributed by atoms with Gasteiger partial charge >= 0.3 is 0 Å². The van der Waals surface area contributed by atoms with Gasteiger partial charge in [-0.2, -0.15) is 4.31 Å². The minimum absolute atomic E-state index is 0.264. The van der Waals surface area contributed by atoms with Crippen molar-refractivity contribution in [2.24, 2.45) is 5.92 Å².